The van der Waals surface area contributed by atoms with E-state index in [2.05, 4.69) is 5.32 Å². The first-order valence-electron chi connectivity index (χ1n) is 6.43. The Bertz CT molecular complexity index is 246. The Labute approximate surface area is 107 Å². The number of likely N-dealkylation sites (N-methyl/N-ethyl adjacent to an activating group) is 1. The molecule has 0 aliphatic carbocycles. The second-order valence-electron chi connectivity index (χ2n) is 4.64. The lowest BCUT2D eigenvalue weighted by Crippen LogP contribution is -2.44. The third-order valence-electron chi connectivity index (χ3n) is 3.04. The first-order valence-corrected chi connectivity index (χ1v) is 6.43. The minimum atomic E-state index is -2.47. The highest BCUT2D eigenvalue weighted by atomic mass is 19.3. The lowest BCUT2D eigenvalue weighted by Gasteiger charge is -2.28. The van der Waals surface area contributed by atoms with Crippen LogP contribution in [-0.4, -0.2) is 56.6 Å². The Balaban J connectivity index is 2.11. The van der Waals surface area contributed by atoms with E-state index in [4.69, 9.17) is 4.74 Å². The summed E-state index contributed by atoms with van der Waals surface area (Å²) in [5.41, 5.74) is 0. The summed E-state index contributed by atoms with van der Waals surface area (Å²) in [6, 6.07) is 0.356. The normalized spacial score (nSPS) is 20.1. The number of nitrogens with one attached hydrogen (secondary N) is 1. The minimum absolute atomic E-state index is 0.0587. The van der Waals surface area contributed by atoms with Crippen LogP contribution in [0.2, 0.25) is 0 Å². The van der Waals surface area contributed by atoms with Crippen LogP contribution in [0.25, 0.3) is 0 Å². The summed E-state index contributed by atoms with van der Waals surface area (Å²) in [4.78, 5) is 13.3. The molecular weight excluding hydrogens is 242 g/mol. The van der Waals surface area contributed by atoms with Crippen molar-refractivity contribution >= 4 is 5.91 Å². The molecule has 1 saturated heterocycles. The topological polar surface area (TPSA) is 41.6 Å². The van der Waals surface area contributed by atoms with E-state index in [1.807, 2.05) is 0 Å². The van der Waals surface area contributed by atoms with E-state index in [0.29, 0.717) is 12.6 Å². The average molecular weight is 264 g/mol. The van der Waals surface area contributed by atoms with Gasteiger partial charge in [0.25, 0.3) is 6.43 Å². The van der Waals surface area contributed by atoms with Gasteiger partial charge in [-0.25, -0.2) is 8.78 Å². The van der Waals surface area contributed by atoms with Gasteiger partial charge in [-0.05, 0) is 19.4 Å². The van der Waals surface area contributed by atoms with E-state index in [1.165, 1.54) is 12.8 Å². The van der Waals surface area contributed by atoms with Crippen LogP contribution in [-0.2, 0) is 9.53 Å². The highest BCUT2D eigenvalue weighted by Crippen LogP contribution is 2.08. The molecule has 18 heavy (non-hydrogen) atoms. The third-order valence-corrected chi connectivity index (χ3v) is 3.04. The molecule has 106 valence electrons. The van der Waals surface area contributed by atoms with Crippen molar-refractivity contribution in [1.82, 2.24) is 10.2 Å². The molecule has 1 atom stereocenters. The van der Waals surface area contributed by atoms with Crippen molar-refractivity contribution in [2.75, 3.05) is 33.4 Å². The Hall–Kier alpha value is -0.750. The first-order chi connectivity index (χ1) is 8.59. The molecule has 1 aliphatic rings. The summed E-state index contributed by atoms with van der Waals surface area (Å²) in [5, 5.41) is 3.36. The number of amides is 1. The number of ether oxygens (including phenoxy) is 1. The fourth-order valence-corrected chi connectivity index (χ4v) is 2.03. The summed E-state index contributed by atoms with van der Waals surface area (Å²) in [5.74, 6) is -0.0587. The SMILES string of the molecule is CN(CC1CCCCN1)C(=O)CCOCC(F)F. The first kappa shape index (κ1) is 15.3. The minimum Gasteiger partial charge on any atom is -0.375 e. The van der Waals surface area contributed by atoms with Crippen molar-refractivity contribution < 1.29 is 18.3 Å². The number of hydrogen-bond acceptors (Lipinski definition) is 3. The average Bonchev–Trinajstić information content (AvgIpc) is 2.35. The third kappa shape index (κ3) is 6.26. The maximum Gasteiger partial charge on any atom is 0.261 e. The monoisotopic (exact) mass is 264 g/mol. The molecule has 1 rings (SSSR count). The molecule has 0 saturated carbocycles. The molecule has 0 aromatic rings. The highest BCUT2D eigenvalue weighted by molar-refractivity contribution is 5.75. The smallest absolute Gasteiger partial charge is 0.261 e. The van der Waals surface area contributed by atoms with Crippen molar-refractivity contribution in [1.29, 1.82) is 0 Å². The predicted molar refractivity (Wildman–Crippen MR) is 64.7 cm³/mol. The van der Waals surface area contributed by atoms with Gasteiger partial charge >= 0.3 is 0 Å². The Kier molecular flexibility index (Phi) is 7.12. The molecule has 1 unspecified atom stereocenters. The van der Waals surface area contributed by atoms with Gasteiger partial charge in [-0.1, -0.05) is 6.42 Å². The molecule has 1 amide bonds. The lowest BCUT2D eigenvalue weighted by atomic mass is 10.0. The van der Waals surface area contributed by atoms with Crippen LogP contribution in [0.3, 0.4) is 0 Å². The molecular formula is C12H22F2N2O2. The maximum atomic E-state index is 11.8. The summed E-state index contributed by atoms with van der Waals surface area (Å²) in [6.45, 7) is 1.14. The van der Waals surface area contributed by atoms with Crippen LogP contribution in [0.1, 0.15) is 25.7 Å². The fraction of sp³-hybridized carbons (Fsp3) is 0.917. The predicted octanol–water partition coefficient (Wildman–Crippen LogP) is 1.26. The molecule has 0 bridgehead atoms. The molecule has 1 N–H and O–H groups in total. The highest BCUT2D eigenvalue weighted by Gasteiger charge is 2.17. The Morgan fingerprint density at radius 2 is 2.28 bits per heavy atom. The van der Waals surface area contributed by atoms with Gasteiger partial charge in [0.15, 0.2) is 0 Å². The number of piperidine rings is 1. The van der Waals surface area contributed by atoms with Gasteiger partial charge in [0, 0.05) is 19.6 Å². The van der Waals surface area contributed by atoms with E-state index in [1.54, 1.807) is 11.9 Å². The van der Waals surface area contributed by atoms with E-state index < -0.39 is 13.0 Å². The van der Waals surface area contributed by atoms with Gasteiger partial charge < -0.3 is 15.0 Å². The van der Waals surface area contributed by atoms with Crippen LogP contribution in [0.15, 0.2) is 0 Å². The van der Waals surface area contributed by atoms with Crippen molar-refractivity contribution in [2.24, 2.45) is 0 Å². The van der Waals surface area contributed by atoms with E-state index in [0.717, 1.165) is 13.0 Å². The number of hydrogen-bond donors (Lipinski definition) is 1. The maximum absolute atomic E-state index is 11.8. The van der Waals surface area contributed by atoms with E-state index in [-0.39, 0.29) is 18.9 Å². The number of alkyl halides is 2. The number of carbonyl (C=O) groups excluding carboxylic acids is 1. The molecule has 6 heteroatoms. The Morgan fingerprint density at radius 3 is 2.89 bits per heavy atom. The quantitative estimate of drug-likeness (QED) is 0.704. The van der Waals surface area contributed by atoms with Gasteiger partial charge in [-0.15, -0.1) is 0 Å². The molecule has 1 fully saturated rings. The fourth-order valence-electron chi connectivity index (χ4n) is 2.03. The molecule has 4 nitrogen and oxygen atoms in total. The second kappa shape index (κ2) is 8.37. The second-order valence-corrected chi connectivity index (χ2v) is 4.64. The van der Waals surface area contributed by atoms with Crippen LogP contribution in [0, 0.1) is 0 Å². The summed E-state index contributed by atoms with van der Waals surface area (Å²) >= 11 is 0. The zero-order valence-corrected chi connectivity index (χ0v) is 10.8. The summed E-state index contributed by atoms with van der Waals surface area (Å²) in [7, 11) is 1.74. The van der Waals surface area contributed by atoms with Crippen molar-refractivity contribution in [2.45, 2.75) is 38.2 Å². The molecule has 0 radical (unpaired) electrons. The van der Waals surface area contributed by atoms with Crippen molar-refractivity contribution in [3.05, 3.63) is 0 Å². The number of carbonyl (C=O) groups is 1. The van der Waals surface area contributed by atoms with Gasteiger partial charge in [0.05, 0.1) is 13.0 Å². The number of nitrogens with zero attached hydrogens (tertiary/aromatic N) is 1. The molecule has 0 aromatic heterocycles. The molecule has 0 spiro atoms. The van der Waals surface area contributed by atoms with E-state index >= 15 is 0 Å². The number of halogens is 2. The zero-order valence-electron chi connectivity index (χ0n) is 10.8. The lowest BCUT2D eigenvalue weighted by molar-refractivity contribution is -0.131. The van der Waals surface area contributed by atoms with Gasteiger partial charge in [-0.3, -0.25) is 4.79 Å². The summed E-state index contributed by atoms with van der Waals surface area (Å²) < 4.78 is 28.3. The molecule has 0 aromatic carbocycles. The van der Waals surface area contributed by atoms with Crippen molar-refractivity contribution in [3.63, 3.8) is 0 Å². The van der Waals surface area contributed by atoms with Crippen LogP contribution >= 0.6 is 0 Å². The molecule has 1 heterocycles. The Morgan fingerprint density at radius 1 is 1.50 bits per heavy atom. The van der Waals surface area contributed by atoms with Gasteiger partial charge in [0.1, 0.15) is 6.61 Å². The largest absolute Gasteiger partial charge is 0.375 e. The van der Waals surface area contributed by atoms with Gasteiger partial charge in [0.2, 0.25) is 5.91 Å². The summed E-state index contributed by atoms with van der Waals surface area (Å²) in [6.07, 6.45) is 1.16. The van der Waals surface area contributed by atoms with Crippen LogP contribution in [0.4, 0.5) is 8.78 Å². The van der Waals surface area contributed by atoms with Crippen LogP contribution in [0.5, 0.6) is 0 Å². The van der Waals surface area contributed by atoms with Gasteiger partial charge in [-0.2, -0.15) is 0 Å². The zero-order chi connectivity index (χ0) is 13.4. The molecule has 1 aliphatic heterocycles. The standard InChI is InChI=1S/C12H22F2N2O2/c1-16(8-10-4-2-3-6-15-10)12(17)5-7-18-9-11(13)14/h10-11,15H,2-9H2,1H3. The van der Waals surface area contributed by atoms with E-state index in [9.17, 15) is 13.6 Å². The number of rotatable bonds is 7. The van der Waals surface area contributed by atoms with Crippen LogP contribution < -0.4 is 5.32 Å². The van der Waals surface area contributed by atoms with Crippen molar-refractivity contribution in [3.8, 4) is 0 Å².